The SMILES string of the molecule is CCOc1ccc(S(=O)(=O)Nc2ccccc2C(=O)N[C@H](C)[C@@H]2C[C@H]3CC[C@H]2C3)cc1. The van der Waals surface area contributed by atoms with Crippen molar-refractivity contribution in [3.63, 3.8) is 0 Å². The first-order valence-electron chi connectivity index (χ1n) is 11.0. The Hall–Kier alpha value is -2.54. The zero-order valence-electron chi connectivity index (χ0n) is 18.0. The summed E-state index contributed by atoms with van der Waals surface area (Å²) in [6.07, 6.45) is 5.04. The Morgan fingerprint density at radius 2 is 1.84 bits per heavy atom. The summed E-state index contributed by atoms with van der Waals surface area (Å²) < 4.78 is 33.7. The number of para-hydroxylation sites is 1. The van der Waals surface area contributed by atoms with Crippen LogP contribution in [0, 0.1) is 17.8 Å². The molecule has 4 rings (SSSR count). The molecule has 0 heterocycles. The molecule has 31 heavy (non-hydrogen) atoms. The lowest BCUT2D eigenvalue weighted by Gasteiger charge is -2.28. The minimum absolute atomic E-state index is 0.0681. The van der Waals surface area contributed by atoms with Crippen LogP contribution in [0.15, 0.2) is 53.4 Å². The average molecular weight is 443 g/mol. The number of fused-ring (bicyclic) bond motifs is 2. The Kier molecular flexibility index (Phi) is 6.23. The Morgan fingerprint density at radius 1 is 1.10 bits per heavy atom. The van der Waals surface area contributed by atoms with Crippen LogP contribution in [-0.2, 0) is 10.0 Å². The summed E-state index contributed by atoms with van der Waals surface area (Å²) in [7, 11) is -3.84. The molecule has 0 spiro atoms. The first kappa shape index (κ1) is 21.7. The van der Waals surface area contributed by atoms with E-state index >= 15 is 0 Å². The van der Waals surface area contributed by atoms with Crippen LogP contribution >= 0.6 is 0 Å². The number of carbonyl (C=O) groups excluding carboxylic acids is 1. The van der Waals surface area contributed by atoms with Crippen LogP contribution in [0.2, 0.25) is 0 Å². The van der Waals surface area contributed by atoms with E-state index in [4.69, 9.17) is 4.74 Å². The van der Waals surface area contributed by atoms with Gasteiger partial charge in [0.2, 0.25) is 0 Å². The third-order valence-electron chi connectivity index (χ3n) is 6.65. The van der Waals surface area contributed by atoms with E-state index in [0.717, 1.165) is 5.92 Å². The molecule has 2 N–H and O–H groups in total. The van der Waals surface area contributed by atoms with Gasteiger partial charge in [0.1, 0.15) is 5.75 Å². The zero-order chi connectivity index (χ0) is 22.0. The van der Waals surface area contributed by atoms with Gasteiger partial charge in [0.25, 0.3) is 15.9 Å². The van der Waals surface area contributed by atoms with Gasteiger partial charge in [0.15, 0.2) is 0 Å². The van der Waals surface area contributed by atoms with E-state index in [-0.39, 0.29) is 22.5 Å². The number of ether oxygens (including phenoxy) is 1. The number of carbonyl (C=O) groups is 1. The predicted molar refractivity (Wildman–Crippen MR) is 121 cm³/mol. The molecule has 2 aliphatic carbocycles. The number of benzene rings is 2. The molecule has 1 amide bonds. The molecule has 2 bridgehead atoms. The van der Waals surface area contributed by atoms with E-state index in [2.05, 4.69) is 17.0 Å². The lowest BCUT2D eigenvalue weighted by Crippen LogP contribution is -2.40. The van der Waals surface area contributed by atoms with Crippen molar-refractivity contribution >= 4 is 21.6 Å². The maximum absolute atomic E-state index is 13.0. The van der Waals surface area contributed by atoms with Crippen LogP contribution in [0.3, 0.4) is 0 Å². The Balaban J connectivity index is 1.48. The zero-order valence-corrected chi connectivity index (χ0v) is 18.8. The summed E-state index contributed by atoms with van der Waals surface area (Å²) in [6.45, 7) is 4.44. The third-order valence-corrected chi connectivity index (χ3v) is 8.04. The lowest BCUT2D eigenvalue weighted by atomic mass is 9.84. The number of amides is 1. The minimum atomic E-state index is -3.84. The van der Waals surface area contributed by atoms with Crippen LogP contribution in [0.25, 0.3) is 0 Å². The van der Waals surface area contributed by atoms with Crippen molar-refractivity contribution in [2.24, 2.45) is 17.8 Å². The highest BCUT2D eigenvalue weighted by Crippen LogP contribution is 2.49. The first-order valence-corrected chi connectivity index (χ1v) is 12.5. The predicted octanol–water partition coefficient (Wildman–Crippen LogP) is 4.44. The Morgan fingerprint density at radius 3 is 2.48 bits per heavy atom. The number of hydrogen-bond donors (Lipinski definition) is 2. The summed E-state index contributed by atoms with van der Waals surface area (Å²) >= 11 is 0. The summed E-state index contributed by atoms with van der Waals surface area (Å²) in [5.41, 5.74) is 0.598. The van der Waals surface area contributed by atoms with Crippen LogP contribution in [0.1, 0.15) is 49.9 Å². The van der Waals surface area contributed by atoms with Gasteiger partial charge in [-0.3, -0.25) is 9.52 Å². The van der Waals surface area contributed by atoms with E-state index < -0.39 is 10.0 Å². The van der Waals surface area contributed by atoms with Gasteiger partial charge < -0.3 is 10.1 Å². The van der Waals surface area contributed by atoms with E-state index in [1.807, 2.05) is 6.92 Å². The smallest absolute Gasteiger partial charge is 0.261 e. The molecule has 166 valence electrons. The summed E-state index contributed by atoms with van der Waals surface area (Å²) in [5, 5.41) is 3.12. The van der Waals surface area contributed by atoms with Gasteiger partial charge in [-0.15, -0.1) is 0 Å². The summed E-state index contributed by atoms with van der Waals surface area (Å²) in [6, 6.07) is 13.0. The first-order chi connectivity index (χ1) is 14.9. The maximum Gasteiger partial charge on any atom is 0.261 e. The minimum Gasteiger partial charge on any atom is -0.494 e. The van der Waals surface area contributed by atoms with Crippen LogP contribution in [-0.4, -0.2) is 27.0 Å². The van der Waals surface area contributed by atoms with Crippen molar-refractivity contribution < 1.29 is 17.9 Å². The van der Waals surface area contributed by atoms with E-state index in [1.165, 1.54) is 37.8 Å². The van der Waals surface area contributed by atoms with Crippen molar-refractivity contribution in [3.05, 3.63) is 54.1 Å². The molecule has 2 fully saturated rings. The average Bonchev–Trinajstić information content (AvgIpc) is 3.38. The quantitative estimate of drug-likeness (QED) is 0.633. The van der Waals surface area contributed by atoms with Gasteiger partial charge in [-0.1, -0.05) is 18.6 Å². The van der Waals surface area contributed by atoms with Gasteiger partial charge >= 0.3 is 0 Å². The molecule has 2 aromatic rings. The van der Waals surface area contributed by atoms with Crippen LogP contribution in [0.5, 0.6) is 5.75 Å². The monoisotopic (exact) mass is 442 g/mol. The highest BCUT2D eigenvalue weighted by molar-refractivity contribution is 7.92. The highest BCUT2D eigenvalue weighted by Gasteiger charge is 2.42. The number of rotatable bonds is 8. The number of sulfonamides is 1. The normalized spacial score (nSPS) is 23.4. The molecule has 0 aliphatic heterocycles. The second-order valence-corrected chi connectivity index (χ2v) is 10.3. The van der Waals surface area contributed by atoms with Gasteiger partial charge in [-0.05, 0) is 87.3 Å². The molecule has 4 atom stereocenters. The molecule has 2 saturated carbocycles. The third kappa shape index (κ3) is 4.71. The molecule has 0 radical (unpaired) electrons. The van der Waals surface area contributed by atoms with Gasteiger partial charge in [-0.25, -0.2) is 8.42 Å². The molecule has 0 saturated heterocycles. The second-order valence-electron chi connectivity index (χ2n) is 8.66. The number of nitrogens with one attached hydrogen (secondary N) is 2. The molecular weight excluding hydrogens is 412 g/mol. The largest absolute Gasteiger partial charge is 0.494 e. The molecule has 2 aliphatic rings. The van der Waals surface area contributed by atoms with Crippen LogP contribution < -0.4 is 14.8 Å². The number of anilines is 1. The van der Waals surface area contributed by atoms with Crippen molar-refractivity contribution in [3.8, 4) is 5.75 Å². The maximum atomic E-state index is 13.0. The van der Waals surface area contributed by atoms with E-state index in [0.29, 0.717) is 29.8 Å². The van der Waals surface area contributed by atoms with Crippen molar-refractivity contribution in [1.82, 2.24) is 5.32 Å². The number of hydrogen-bond acceptors (Lipinski definition) is 4. The fourth-order valence-corrected chi connectivity index (χ4v) is 6.23. The van der Waals surface area contributed by atoms with E-state index in [1.54, 1.807) is 36.4 Å². The summed E-state index contributed by atoms with van der Waals surface area (Å²) in [4.78, 5) is 13.1. The Bertz CT molecular complexity index is 1040. The van der Waals surface area contributed by atoms with Crippen molar-refractivity contribution in [2.75, 3.05) is 11.3 Å². The molecular formula is C24H30N2O4S. The molecule has 0 unspecified atom stereocenters. The van der Waals surface area contributed by atoms with Crippen molar-refractivity contribution in [1.29, 1.82) is 0 Å². The molecule has 0 aromatic heterocycles. The lowest BCUT2D eigenvalue weighted by molar-refractivity contribution is 0.0916. The van der Waals surface area contributed by atoms with Gasteiger partial charge in [0.05, 0.1) is 22.8 Å². The fourth-order valence-electron chi connectivity index (χ4n) is 5.15. The standard InChI is InChI=1S/C24H30N2O4S/c1-3-30-19-10-12-20(13-11-19)31(28,29)26-23-7-5-4-6-21(23)24(27)25-16(2)22-15-17-8-9-18(22)14-17/h4-7,10-13,16-18,22,26H,3,8-9,14-15H2,1-2H3,(H,25,27)/t16-,17+,18+,22+/m1/s1. The summed E-state index contributed by atoms with van der Waals surface area (Å²) in [5.74, 6) is 2.38. The molecule has 7 heteroatoms. The van der Waals surface area contributed by atoms with Gasteiger partial charge in [0, 0.05) is 6.04 Å². The van der Waals surface area contributed by atoms with Crippen molar-refractivity contribution in [2.45, 2.75) is 50.5 Å². The highest BCUT2D eigenvalue weighted by atomic mass is 32.2. The molecule has 2 aromatic carbocycles. The molecule has 6 nitrogen and oxygen atoms in total. The fraction of sp³-hybridized carbons (Fsp3) is 0.458. The topological polar surface area (TPSA) is 84.5 Å². The van der Waals surface area contributed by atoms with E-state index in [9.17, 15) is 13.2 Å². The Labute approximate surface area is 184 Å². The van der Waals surface area contributed by atoms with Gasteiger partial charge in [-0.2, -0.15) is 0 Å². The second kappa shape index (κ2) is 8.91. The van der Waals surface area contributed by atoms with Crippen LogP contribution in [0.4, 0.5) is 5.69 Å².